The van der Waals surface area contributed by atoms with Crippen LogP contribution in [0.5, 0.6) is 11.5 Å². The van der Waals surface area contributed by atoms with Crippen LogP contribution in [0.2, 0.25) is 0 Å². The molecule has 0 aromatic heterocycles. The van der Waals surface area contributed by atoms with Crippen LogP contribution in [0.4, 0.5) is 0 Å². The Bertz CT molecular complexity index is 781. The standard InChI is InChI=1S/C18H18BrIN2O3/c1-3-7-25-17-15(20)8-12(9-16(17)24-2)11-21-22-18(23)13-5-4-6-14(19)10-13/h4-6,8-11H,3,7H2,1-2H3,(H,22,23)/b21-11+. The number of methoxy groups -OCH3 is 1. The smallest absolute Gasteiger partial charge is 0.271 e. The van der Waals surface area contributed by atoms with Crippen LogP contribution >= 0.6 is 38.5 Å². The highest BCUT2D eigenvalue weighted by Gasteiger charge is 2.11. The first-order valence-electron chi connectivity index (χ1n) is 7.64. The van der Waals surface area contributed by atoms with Crippen molar-refractivity contribution in [3.05, 3.63) is 55.6 Å². The monoisotopic (exact) mass is 516 g/mol. The zero-order chi connectivity index (χ0) is 18.2. The molecule has 0 atom stereocenters. The van der Waals surface area contributed by atoms with Gasteiger partial charge in [-0.05, 0) is 64.9 Å². The van der Waals surface area contributed by atoms with E-state index in [4.69, 9.17) is 9.47 Å². The van der Waals surface area contributed by atoms with Gasteiger partial charge in [-0.1, -0.05) is 28.9 Å². The number of nitrogens with zero attached hydrogens (tertiary/aromatic N) is 1. The molecule has 0 radical (unpaired) electrons. The Hall–Kier alpha value is -1.61. The summed E-state index contributed by atoms with van der Waals surface area (Å²) < 4.78 is 12.9. The van der Waals surface area contributed by atoms with Crippen molar-refractivity contribution in [1.82, 2.24) is 5.43 Å². The van der Waals surface area contributed by atoms with Crippen molar-refractivity contribution in [3.63, 3.8) is 0 Å². The van der Waals surface area contributed by atoms with Crippen LogP contribution in [0.1, 0.15) is 29.3 Å². The fourth-order valence-electron chi connectivity index (χ4n) is 2.02. The van der Waals surface area contributed by atoms with Gasteiger partial charge in [0.1, 0.15) is 0 Å². The topological polar surface area (TPSA) is 59.9 Å². The third kappa shape index (κ3) is 5.71. The number of benzene rings is 2. The van der Waals surface area contributed by atoms with Gasteiger partial charge in [-0.2, -0.15) is 5.10 Å². The van der Waals surface area contributed by atoms with E-state index in [0.717, 1.165) is 25.8 Å². The molecule has 25 heavy (non-hydrogen) atoms. The maximum Gasteiger partial charge on any atom is 0.271 e. The Morgan fingerprint density at radius 2 is 2.16 bits per heavy atom. The molecule has 2 aromatic carbocycles. The average molecular weight is 517 g/mol. The lowest BCUT2D eigenvalue weighted by molar-refractivity contribution is 0.0955. The summed E-state index contributed by atoms with van der Waals surface area (Å²) in [5, 5.41) is 4.02. The van der Waals surface area contributed by atoms with Crippen molar-refractivity contribution in [2.24, 2.45) is 5.10 Å². The summed E-state index contributed by atoms with van der Waals surface area (Å²) >= 11 is 5.53. The highest BCUT2D eigenvalue weighted by molar-refractivity contribution is 14.1. The van der Waals surface area contributed by atoms with Crippen molar-refractivity contribution in [2.45, 2.75) is 13.3 Å². The molecule has 0 bridgehead atoms. The summed E-state index contributed by atoms with van der Waals surface area (Å²) in [4.78, 5) is 12.1. The van der Waals surface area contributed by atoms with Gasteiger partial charge in [-0.15, -0.1) is 0 Å². The molecule has 0 saturated carbocycles. The molecule has 0 unspecified atom stereocenters. The van der Waals surface area contributed by atoms with Crippen molar-refractivity contribution in [2.75, 3.05) is 13.7 Å². The number of ether oxygens (including phenoxy) is 2. The second kappa shape index (κ2) is 9.76. The maximum atomic E-state index is 12.1. The third-order valence-corrected chi connectivity index (χ3v) is 4.46. The van der Waals surface area contributed by atoms with E-state index in [0.29, 0.717) is 17.9 Å². The van der Waals surface area contributed by atoms with E-state index in [-0.39, 0.29) is 5.91 Å². The van der Waals surface area contributed by atoms with E-state index >= 15 is 0 Å². The van der Waals surface area contributed by atoms with E-state index in [9.17, 15) is 4.79 Å². The van der Waals surface area contributed by atoms with Gasteiger partial charge in [0.15, 0.2) is 11.5 Å². The van der Waals surface area contributed by atoms with Gasteiger partial charge in [0.2, 0.25) is 0 Å². The SMILES string of the molecule is CCCOc1c(I)cc(/C=N/NC(=O)c2cccc(Br)c2)cc1OC. The van der Waals surface area contributed by atoms with Crippen molar-refractivity contribution in [3.8, 4) is 11.5 Å². The van der Waals surface area contributed by atoms with Gasteiger partial charge in [-0.3, -0.25) is 4.79 Å². The van der Waals surface area contributed by atoms with Crippen molar-refractivity contribution >= 4 is 50.6 Å². The van der Waals surface area contributed by atoms with E-state index in [1.165, 1.54) is 0 Å². The molecular formula is C18H18BrIN2O3. The average Bonchev–Trinajstić information content (AvgIpc) is 2.60. The van der Waals surface area contributed by atoms with Crippen LogP contribution in [0.25, 0.3) is 0 Å². The lowest BCUT2D eigenvalue weighted by Crippen LogP contribution is -2.17. The number of rotatable bonds is 7. The molecule has 132 valence electrons. The van der Waals surface area contributed by atoms with E-state index < -0.39 is 0 Å². The first-order valence-corrected chi connectivity index (χ1v) is 9.51. The van der Waals surface area contributed by atoms with E-state index in [1.807, 2.05) is 25.1 Å². The second-order valence-electron chi connectivity index (χ2n) is 5.09. The molecule has 1 amide bonds. The largest absolute Gasteiger partial charge is 0.493 e. The summed E-state index contributed by atoms with van der Waals surface area (Å²) in [5.41, 5.74) is 3.85. The molecule has 0 fully saturated rings. The molecule has 0 aliphatic carbocycles. The van der Waals surface area contributed by atoms with Gasteiger partial charge in [-0.25, -0.2) is 5.43 Å². The lowest BCUT2D eigenvalue weighted by Gasteiger charge is -2.12. The van der Waals surface area contributed by atoms with E-state index in [1.54, 1.807) is 31.5 Å². The van der Waals surface area contributed by atoms with Crippen LogP contribution in [0.3, 0.4) is 0 Å². The zero-order valence-corrected chi connectivity index (χ0v) is 17.6. The molecule has 1 N–H and O–H groups in total. The molecule has 0 heterocycles. The number of halogens is 2. The minimum atomic E-state index is -0.276. The minimum Gasteiger partial charge on any atom is -0.493 e. The number of hydrogen-bond donors (Lipinski definition) is 1. The molecule has 2 rings (SSSR count). The third-order valence-electron chi connectivity index (χ3n) is 3.17. The Balaban J connectivity index is 2.10. The molecule has 0 aliphatic rings. The quantitative estimate of drug-likeness (QED) is 0.332. The summed E-state index contributed by atoms with van der Waals surface area (Å²) in [5.74, 6) is 1.09. The van der Waals surface area contributed by atoms with Gasteiger partial charge < -0.3 is 9.47 Å². The Labute approximate surface area is 169 Å². The summed E-state index contributed by atoms with van der Waals surface area (Å²) in [6, 6.07) is 10.9. The van der Waals surface area contributed by atoms with Crippen molar-refractivity contribution in [1.29, 1.82) is 0 Å². The number of carbonyl (C=O) groups excluding carboxylic acids is 1. The predicted molar refractivity (Wildman–Crippen MR) is 111 cm³/mol. The Morgan fingerprint density at radius 3 is 2.84 bits per heavy atom. The summed E-state index contributed by atoms with van der Waals surface area (Å²) in [7, 11) is 1.60. The van der Waals surface area contributed by atoms with E-state index in [2.05, 4.69) is 49.0 Å². The zero-order valence-electron chi connectivity index (χ0n) is 13.9. The first-order chi connectivity index (χ1) is 12.0. The summed E-state index contributed by atoms with van der Waals surface area (Å²) in [6.07, 6.45) is 2.49. The molecule has 0 aliphatic heterocycles. The van der Waals surface area contributed by atoms with Crippen molar-refractivity contribution < 1.29 is 14.3 Å². The number of hydrazone groups is 1. The second-order valence-corrected chi connectivity index (χ2v) is 7.17. The van der Waals surface area contributed by atoms with Gasteiger partial charge in [0.05, 0.1) is 23.5 Å². The van der Waals surface area contributed by atoms with Crippen LogP contribution < -0.4 is 14.9 Å². The summed E-state index contributed by atoms with van der Waals surface area (Å²) in [6.45, 7) is 2.68. The number of amides is 1. The molecule has 2 aromatic rings. The number of hydrogen-bond acceptors (Lipinski definition) is 4. The fourth-order valence-corrected chi connectivity index (χ4v) is 3.20. The normalized spacial score (nSPS) is 10.7. The Kier molecular flexibility index (Phi) is 7.70. The fraction of sp³-hybridized carbons (Fsp3) is 0.222. The lowest BCUT2D eigenvalue weighted by atomic mass is 10.2. The first kappa shape index (κ1) is 19.7. The molecule has 5 nitrogen and oxygen atoms in total. The highest BCUT2D eigenvalue weighted by atomic mass is 127. The van der Waals surface area contributed by atoms with Crippen LogP contribution in [-0.2, 0) is 0 Å². The van der Waals surface area contributed by atoms with Crippen LogP contribution in [0.15, 0.2) is 46.0 Å². The number of nitrogens with one attached hydrogen (secondary N) is 1. The minimum absolute atomic E-state index is 0.276. The predicted octanol–water partition coefficient (Wildman–Crippen LogP) is 4.62. The van der Waals surface area contributed by atoms with Gasteiger partial charge >= 0.3 is 0 Å². The Morgan fingerprint density at radius 1 is 1.36 bits per heavy atom. The van der Waals surface area contributed by atoms with Gasteiger partial charge in [0.25, 0.3) is 5.91 Å². The van der Waals surface area contributed by atoms with Crippen LogP contribution in [0, 0.1) is 3.57 Å². The number of carbonyl (C=O) groups is 1. The molecular weight excluding hydrogens is 499 g/mol. The van der Waals surface area contributed by atoms with Gasteiger partial charge in [0, 0.05) is 10.0 Å². The van der Waals surface area contributed by atoms with Crippen LogP contribution in [-0.4, -0.2) is 25.8 Å². The highest BCUT2D eigenvalue weighted by Crippen LogP contribution is 2.33. The molecule has 0 spiro atoms. The molecule has 7 heteroatoms. The maximum absolute atomic E-state index is 12.1. The molecule has 0 saturated heterocycles.